The lowest BCUT2D eigenvalue weighted by molar-refractivity contribution is 0.0795. The summed E-state index contributed by atoms with van der Waals surface area (Å²) >= 11 is 0. The van der Waals surface area contributed by atoms with E-state index in [0.717, 1.165) is 6.20 Å². The van der Waals surface area contributed by atoms with E-state index in [9.17, 15) is 8.78 Å². The molecule has 0 fully saturated rings. The van der Waals surface area contributed by atoms with Crippen LogP contribution in [0, 0.1) is 0 Å². The summed E-state index contributed by atoms with van der Waals surface area (Å²) < 4.78 is 27.7. The smallest absolute Gasteiger partial charge is 0.272 e. The third kappa shape index (κ3) is 2.69. The number of aromatic nitrogens is 1. The lowest BCUT2D eigenvalue weighted by Crippen LogP contribution is -2.07. The fourth-order valence-corrected chi connectivity index (χ4v) is 0.606. The molecule has 3 nitrogen and oxygen atoms in total. The van der Waals surface area contributed by atoms with Crippen LogP contribution in [0.25, 0.3) is 0 Å². The summed E-state index contributed by atoms with van der Waals surface area (Å²) in [5, 5.41) is 8.77. The molecule has 1 heterocycles. The molecule has 0 unspecified atom stereocenters. The quantitative estimate of drug-likeness (QED) is 0.755. The Morgan fingerprint density at radius 2 is 2.25 bits per heavy atom. The molecule has 0 aromatic carbocycles. The van der Waals surface area contributed by atoms with Crippen molar-refractivity contribution in [1.82, 2.24) is 4.98 Å². The van der Waals surface area contributed by atoms with Crippen molar-refractivity contribution >= 4 is 0 Å². The molecular formula is C7H7F2NO2. The Bertz CT molecular complexity index is 238. The molecule has 0 saturated carbocycles. The van der Waals surface area contributed by atoms with E-state index in [-0.39, 0.29) is 11.6 Å². The summed E-state index contributed by atoms with van der Waals surface area (Å²) in [6, 6.07) is 2.63. The van der Waals surface area contributed by atoms with Crippen LogP contribution < -0.4 is 4.74 Å². The summed E-state index contributed by atoms with van der Waals surface area (Å²) in [6.07, 6.45) is -1.39. The number of ether oxygens (including phenoxy) is 1. The van der Waals surface area contributed by atoms with E-state index in [4.69, 9.17) is 5.11 Å². The highest BCUT2D eigenvalue weighted by molar-refractivity contribution is 5.21. The molecule has 0 atom stereocenters. The molecule has 1 aromatic heterocycles. The Morgan fingerprint density at radius 1 is 1.50 bits per heavy atom. The van der Waals surface area contributed by atoms with Gasteiger partial charge in [0, 0.05) is 6.07 Å². The number of hydrogen-bond donors (Lipinski definition) is 1. The van der Waals surface area contributed by atoms with Crippen molar-refractivity contribution in [2.45, 2.75) is 6.43 Å². The van der Waals surface area contributed by atoms with Crippen LogP contribution in [0.1, 0.15) is 0 Å². The van der Waals surface area contributed by atoms with Crippen LogP contribution in [-0.4, -0.2) is 23.1 Å². The Labute approximate surface area is 67.6 Å². The van der Waals surface area contributed by atoms with E-state index < -0.39 is 13.0 Å². The fraction of sp³-hybridized carbons (Fsp3) is 0.286. The van der Waals surface area contributed by atoms with E-state index in [1.807, 2.05) is 0 Å². The minimum absolute atomic E-state index is 0.0283. The topological polar surface area (TPSA) is 42.4 Å². The second-order valence-electron chi connectivity index (χ2n) is 2.06. The average Bonchev–Trinajstić information content (AvgIpc) is 2.03. The maximum Gasteiger partial charge on any atom is 0.272 e. The molecular weight excluding hydrogens is 168 g/mol. The lowest BCUT2D eigenvalue weighted by Gasteiger charge is -2.02. The Kier molecular flexibility index (Phi) is 2.79. The summed E-state index contributed by atoms with van der Waals surface area (Å²) in [6.45, 7) is -0.683. The van der Waals surface area contributed by atoms with Gasteiger partial charge in [-0.3, -0.25) is 0 Å². The predicted molar refractivity (Wildman–Crippen MR) is 37.4 cm³/mol. The van der Waals surface area contributed by atoms with Gasteiger partial charge in [0.05, 0.1) is 6.20 Å². The maximum absolute atomic E-state index is 11.6. The van der Waals surface area contributed by atoms with Gasteiger partial charge in [-0.25, -0.2) is 13.8 Å². The predicted octanol–water partition coefficient (Wildman–Crippen LogP) is 1.43. The number of alkyl halides is 2. The van der Waals surface area contributed by atoms with Gasteiger partial charge < -0.3 is 9.84 Å². The number of nitrogens with zero attached hydrogens (tertiary/aromatic N) is 1. The SMILES string of the molecule is Oc1ccc(OCC(F)F)nc1. The first-order valence-corrected chi connectivity index (χ1v) is 3.24. The molecule has 1 aromatic rings. The minimum Gasteiger partial charge on any atom is -0.506 e. The van der Waals surface area contributed by atoms with Crippen molar-refractivity contribution in [2.24, 2.45) is 0 Å². The molecule has 12 heavy (non-hydrogen) atoms. The molecule has 0 amide bonds. The van der Waals surface area contributed by atoms with Crippen molar-refractivity contribution in [1.29, 1.82) is 0 Å². The molecule has 0 saturated heterocycles. The van der Waals surface area contributed by atoms with E-state index in [1.54, 1.807) is 0 Å². The molecule has 1 rings (SSSR count). The zero-order chi connectivity index (χ0) is 8.97. The van der Waals surface area contributed by atoms with Crippen molar-refractivity contribution in [3.63, 3.8) is 0 Å². The first kappa shape index (κ1) is 8.70. The number of aromatic hydroxyl groups is 1. The van der Waals surface area contributed by atoms with Gasteiger partial charge in [0.1, 0.15) is 5.75 Å². The van der Waals surface area contributed by atoms with Gasteiger partial charge in [0.15, 0.2) is 6.61 Å². The van der Waals surface area contributed by atoms with Crippen molar-refractivity contribution < 1.29 is 18.6 Å². The number of halogens is 2. The van der Waals surface area contributed by atoms with Crippen LogP contribution in [-0.2, 0) is 0 Å². The zero-order valence-electron chi connectivity index (χ0n) is 6.08. The summed E-state index contributed by atoms with van der Waals surface area (Å²) in [7, 11) is 0. The van der Waals surface area contributed by atoms with E-state index in [0.29, 0.717) is 0 Å². The third-order valence-electron chi connectivity index (χ3n) is 1.08. The zero-order valence-corrected chi connectivity index (χ0v) is 6.08. The second kappa shape index (κ2) is 3.85. The normalized spacial score (nSPS) is 10.2. The summed E-state index contributed by atoms with van der Waals surface area (Å²) in [5.74, 6) is 0.0486. The molecule has 0 spiro atoms. The van der Waals surface area contributed by atoms with E-state index >= 15 is 0 Å². The average molecular weight is 175 g/mol. The molecule has 0 radical (unpaired) electrons. The highest BCUT2D eigenvalue weighted by Gasteiger charge is 2.03. The van der Waals surface area contributed by atoms with Crippen LogP contribution in [0.5, 0.6) is 11.6 Å². The standard InChI is InChI=1S/C7H7F2NO2/c8-6(9)4-12-7-2-1-5(11)3-10-7/h1-3,6,11H,4H2. The second-order valence-corrected chi connectivity index (χ2v) is 2.06. The van der Waals surface area contributed by atoms with Crippen LogP contribution in [0.4, 0.5) is 8.78 Å². The van der Waals surface area contributed by atoms with Gasteiger partial charge in [-0.15, -0.1) is 0 Å². The van der Waals surface area contributed by atoms with Crippen LogP contribution in [0.2, 0.25) is 0 Å². The molecule has 0 aliphatic carbocycles. The third-order valence-corrected chi connectivity index (χ3v) is 1.08. The Balaban J connectivity index is 2.48. The number of hydrogen-bond acceptors (Lipinski definition) is 3. The van der Waals surface area contributed by atoms with Crippen LogP contribution in [0.15, 0.2) is 18.3 Å². The highest BCUT2D eigenvalue weighted by Crippen LogP contribution is 2.11. The van der Waals surface area contributed by atoms with E-state index in [1.165, 1.54) is 12.1 Å². The molecule has 66 valence electrons. The van der Waals surface area contributed by atoms with Crippen LogP contribution in [0.3, 0.4) is 0 Å². The largest absolute Gasteiger partial charge is 0.506 e. The number of pyridine rings is 1. The highest BCUT2D eigenvalue weighted by atomic mass is 19.3. The maximum atomic E-state index is 11.6. The van der Waals surface area contributed by atoms with Gasteiger partial charge in [-0.05, 0) is 6.07 Å². The molecule has 5 heteroatoms. The summed E-state index contributed by atoms with van der Waals surface area (Å²) in [4.78, 5) is 3.54. The molecule has 0 aliphatic heterocycles. The minimum atomic E-state index is -2.51. The van der Waals surface area contributed by atoms with E-state index in [2.05, 4.69) is 9.72 Å². The lowest BCUT2D eigenvalue weighted by atomic mass is 10.4. The Morgan fingerprint density at radius 3 is 2.75 bits per heavy atom. The van der Waals surface area contributed by atoms with Gasteiger partial charge in [0.2, 0.25) is 5.88 Å². The van der Waals surface area contributed by atoms with Crippen LogP contribution >= 0.6 is 0 Å². The summed E-state index contributed by atoms with van der Waals surface area (Å²) in [5.41, 5.74) is 0. The molecule has 1 N–H and O–H groups in total. The van der Waals surface area contributed by atoms with Gasteiger partial charge in [-0.1, -0.05) is 0 Å². The Hall–Kier alpha value is -1.39. The number of rotatable bonds is 3. The molecule has 0 bridgehead atoms. The molecule has 0 aliphatic rings. The first-order valence-electron chi connectivity index (χ1n) is 3.24. The van der Waals surface area contributed by atoms with Crippen molar-refractivity contribution in [3.05, 3.63) is 18.3 Å². The fourth-order valence-electron chi connectivity index (χ4n) is 0.606. The van der Waals surface area contributed by atoms with Gasteiger partial charge in [-0.2, -0.15) is 0 Å². The monoisotopic (exact) mass is 175 g/mol. The van der Waals surface area contributed by atoms with Crippen molar-refractivity contribution in [3.8, 4) is 11.6 Å². The van der Waals surface area contributed by atoms with Crippen molar-refractivity contribution in [2.75, 3.05) is 6.61 Å². The van der Waals surface area contributed by atoms with Gasteiger partial charge in [0.25, 0.3) is 6.43 Å². The van der Waals surface area contributed by atoms with Gasteiger partial charge >= 0.3 is 0 Å². The first-order chi connectivity index (χ1) is 5.68.